The van der Waals surface area contributed by atoms with Gasteiger partial charge in [-0.1, -0.05) is 42.5 Å². The van der Waals surface area contributed by atoms with E-state index in [-0.39, 0.29) is 12.0 Å². The third-order valence-corrected chi connectivity index (χ3v) is 6.18. The number of para-hydroxylation sites is 1. The van der Waals surface area contributed by atoms with Crippen molar-refractivity contribution in [3.05, 3.63) is 65.9 Å². The van der Waals surface area contributed by atoms with Crippen molar-refractivity contribution in [2.45, 2.75) is 12.5 Å². The number of likely N-dealkylation sites (N-methyl/N-ethyl adjacent to an activating group) is 2. The number of terminal acetylenes is 1. The fourth-order valence-corrected chi connectivity index (χ4v) is 3.97. The van der Waals surface area contributed by atoms with Gasteiger partial charge in [-0.15, -0.1) is 12.8 Å². The van der Waals surface area contributed by atoms with Crippen LogP contribution in [0.3, 0.4) is 0 Å². The predicted octanol–water partition coefficient (Wildman–Crippen LogP) is 1.87. The van der Waals surface area contributed by atoms with Crippen molar-refractivity contribution in [3.63, 3.8) is 0 Å². The number of fused-ring (bicyclic) bond motifs is 1. The van der Waals surface area contributed by atoms with Gasteiger partial charge in [-0.2, -0.15) is 0 Å². The minimum absolute atomic E-state index is 0.237. The summed E-state index contributed by atoms with van der Waals surface area (Å²) in [4.78, 5) is 65.4. The van der Waals surface area contributed by atoms with Gasteiger partial charge >= 0.3 is 5.97 Å². The number of rotatable bonds is 8. The second-order valence-electron chi connectivity index (χ2n) is 8.81. The fraction of sp³-hybridized carbons (Fsp3) is 0.276. The third-order valence-electron chi connectivity index (χ3n) is 6.18. The smallest absolute Gasteiger partial charge is 0.305 e. The quantitative estimate of drug-likeness (QED) is 0.144. The maximum Gasteiger partial charge on any atom is 0.305 e. The number of carboxylic acid groups (broad SMARTS) is 1. The average molecular weight is 548 g/mol. The van der Waals surface area contributed by atoms with E-state index in [1.165, 1.54) is 13.2 Å². The molecule has 0 radical (unpaired) electrons. The van der Waals surface area contributed by atoms with Crippen molar-refractivity contribution < 1.29 is 29.1 Å². The Morgan fingerprint density at radius 3 is 2.23 bits per heavy atom. The van der Waals surface area contributed by atoms with Gasteiger partial charge in [0.1, 0.15) is 6.29 Å². The van der Waals surface area contributed by atoms with Gasteiger partial charge in [0.05, 0.1) is 29.2 Å². The van der Waals surface area contributed by atoms with E-state index in [4.69, 9.17) is 5.11 Å². The van der Waals surface area contributed by atoms with E-state index in [1.807, 2.05) is 25.2 Å². The molecule has 11 nitrogen and oxygen atoms in total. The molecule has 3 aromatic rings. The Kier molecular flexibility index (Phi) is 12.2. The van der Waals surface area contributed by atoms with Crippen molar-refractivity contribution in [1.29, 1.82) is 0 Å². The molecule has 2 heterocycles. The number of carbonyl (C=O) groups excluding carboxylic acids is 4. The number of aromatic amines is 1. The van der Waals surface area contributed by atoms with Crippen molar-refractivity contribution in [1.82, 2.24) is 20.1 Å². The molecule has 2 aromatic carbocycles. The number of hydrogen-bond acceptors (Lipinski definition) is 7. The standard InChI is InChI=1S/C20H25N5O5.C7H6O.C2H2/c1-21-15(10-16(26)27)19(29)23-14-5-3-4-12-13(11-22-17(12)14)18(28)20(30)25-8-6-24(2)7-9-25;8-6-7-4-2-1-3-5-7;1-2/h3-5,11,15,21-22H,6-10H2,1-2H3,(H,23,29)(H,26,27);1-6H;1-2H. The Morgan fingerprint density at radius 2 is 1.68 bits per heavy atom. The summed E-state index contributed by atoms with van der Waals surface area (Å²) < 4.78 is 0. The molecule has 4 N–H and O–H groups in total. The van der Waals surface area contributed by atoms with Gasteiger partial charge in [-0.3, -0.25) is 24.0 Å². The molecule has 1 aromatic heterocycles. The molecule has 1 saturated heterocycles. The zero-order valence-electron chi connectivity index (χ0n) is 22.4. The minimum Gasteiger partial charge on any atom is -0.481 e. The van der Waals surface area contributed by atoms with Crippen LogP contribution < -0.4 is 10.6 Å². The summed E-state index contributed by atoms with van der Waals surface area (Å²) in [7, 11) is 3.47. The highest BCUT2D eigenvalue weighted by atomic mass is 16.4. The number of Topliss-reactive ketones (excluding diaryl/α,β-unsaturated/α-hetero) is 1. The van der Waals surface area contributed by atoms with E-state index >= 15 is 0 Å². The van der Waals surface area contributed by atoms with Gasteiger partial charge in [0.2, 0.25) is 5.91 Å². The molecule has 0 aliphatic carbocycles. The fourth-order valence-electron chi connectivity index (χ4n) is 3.97. The summed E-state index contributed by atoms with van der Waals surface area (Å²) in [6.07, 6.45) is 9.93. The Balaban J connectivity index is 0.000000475. The first-order valence-electron chi connectivity index (χ1n) is 12.4. The molecule has 4 rings (SSSR count). The second-order valence-corrected chi connectivity index (χ2v) is 8.81. The molecule has 0 spiro atoms. The SMILES string of the molecule is C#C.CNC(CC(=O)O)C(=O)Nc1cccc2c(C(=O)C(=O)N3CCN(C)CC3)c[nH]c12.O=Cc1ccccc1. The molecule has 11 heteroatoms. The summed E-state index contributed by atoms with van der Waals surface area (Å²) >= 11 is 0. The highest BCUT2D eigenvalue weighted by Gasteiger charge is 2.28. The topological polar surface area (TPSA) is 152 Å². The maximum atomic E-state index is 12.8. The number of carboxylic acids is 1. The van der Waals surface area contributed by atoms with Crippen LogP contribution in [0.4, 0.5) is 5.69 Å². The van der Waals surface area contributed by atoms with E-state index in [9.17, 15) is 24.0 Å². The monoisotopic (exact) mass is 547 g/mol. The van der Waals surface area contributed by atoms with Crippen LogP contribution in [-0.2, 0) is 14.4 Å². The van der Waals surface area contributed by atoms with Crippen LogP contribution in [0.5, 0.6) is 0 Å². The number of carbonyl (C=O) groups is 5. The predicted molar refractivity (Wildman–Crippen MR) is 152 cm³/mol. The van der Waals surface area contributed by atoms with Crippen molar-refractivity contribution >= 4 is 46.4 Å². The first-order valence-corrected chi connectivity index (χ1v) is 12.4. The highest BCUT2D eigenvalue weighted by Crippen LogP contribution is 2.26. The van der Waals surface area contributed by atoms with Crippen LogP contribution in [0.1, 0.15) is 27.1 Å². The van der Waals surface area contributed by atoms with Crippen LogP contribution in [0.25, 0.3) is 10.9 Å². The van der Waals surface area contributed by atoms with E-state index in [2.05, 4.69) is 33.4 Å². The van der Waals surface area contributed by atoms with E-state index in [0.29, 0.717) is 42.8 Å². The Hall–Kier alpha value is -4.79. The zero-order valence-corrected chi connectivity index (χ0v) is 22.4. The molecule has 0 bridgehead atoms. The number of piperazine rings is 1. The number of anilines is 1. The number of aliphatic carboxylic acids is 1. The molecular formula is C29H33N5O6. The Labute approximate surface area is 232 Å². The lowest BCUT2D eigenvalue weighted by Crippen LogP contribution is -2.49. The molecule has 1 unspecified atom stereocenters. The first kappa shape index (κ1) is 31.4. The summed E-state index contributed by atoms with van der Waals surface area (Å²) in [6.45, 7) is 2.43. The molecule has 210 valence electrons. The van der Waals surface area contributed by atoms with E-state index in [0.717, 1.165) is 11.8 Å². The lowest BCUT2D eigenvalue weighted by atomic mass is 10.1. The number of amides is 2. The normalized spacial score (nSPS) is 13.6. The van der Waals surface area contributed by atoms with Gasteiger partial charge in [-0.25, -0.2) is 0 Å². The van der Waals surface area contributed by atoms with Crippen LogP contribution in [0.2, 0.25) is 0 Å². The van der Waals surface area contributed by atoms with Crippen LogP contribution in [0.15, 0.2) is 54.7 Å². The lowest BCUT2D eigenvalue weighted by molar-refractivity contribution is -0.139. The summed E-state index contributed by atoms with van der Waals surface area (Å²) in [5.41, 5.74) is 1.85. The van der Waals surface area contributed by atoms with Crippen molar-refractivity contribution in [2.24, 2.45) is 0 Å². The second kappa shape index (κ2) is 15.6. The summed E-state index contributed by atoms with van der Waals surface area (Å²) in [5, 5.41) is 14.8. The number of nitrogens with zero attached hydrogens (tertiary/aromatic N) is 2. The van der Waals surface area contributed by atoms with Crippen molar-refractivity contribution in [3.8, 4) is 12.8 Å². The number of nitrogens with one attached hydrogen (secondary N) is 3. The van der Waals surface area contributed by atoms with Gasteiger partial charge in [0.25, 0.3) is 11.7 Å². The molecule has 1 atom stereocenters. The Morgan fingerprint density at radius 1 is 1.02 bits per heavy atom. The van der Waals surface area contributed by atoms with Gasteiger partial charge in [-0.05, 0) is 20.2 Å². The molecule has 2 amide bonds. The largest absolute Gasteiger partial charge is 0.481 e. The number of hydrogen-bond donors (Lipinski definition) is 4. The summed E-state index contributed by atoms with van der Waals surface area (Å²) in [5.74, 6) is -2.76. The van der Waals surface area contributed by atoms with Gasteiger partial charge < -0.3 is 30.5 Å². The lowest BCUT2D eigenvalue weighted by Gasteiger charge is -2.31. The van der Waals surface area contributed by atoms with Crippen LogP contribution in [-0.4, -0.2) is 96.1 Å². The maximum absolute atomic E-state index is 12.8. The highest BCUT2D eigenvalue weighted by molar-refractivity contribution is 6.45. The molecule has 1 aliphatic rings. The van der Waals surface area contributed by atoms with Gasteiger partial charge in [0.15, 0.2) is 0 Å². The summed E-state index contributed by atoms with van der Waals surface area (Å²) in [6, 6.07) is 13.2. The zero-order chi connectivity index (χ0) is 29.7. The molecule has 1 aliphatic heterocycles. The van der Waals surface area contributed by atoms with Gasteiger partial charge in [0, 0.05) is 43.3 Å². The van der Waals surface area contributed by atoms with Crippen LogP contribution in [0, 0.1) is 12.8 Å². The first-order chi connectivity index (χ1) is 19.2. The van der Waals surface area contributed by atoms with E-state index in [1.54, 1.807) is 35.2 Å². The average Bonchev–Trinajstić information content (AvgIpc) is 3.42. The number of aromatic nitrogens is 1. The number of ketones is 1. The molecule has 0 saturated carbocycles. The number of aldehydes is 1. The van der Waals surface area contributed by atoms with E-state index < -0.39 is 29.6 Å². The third kappa shape index (κ3) is 8.36. The molecular weight excluding hydrogens is 514 g/mol. The van der Waals surface area contributed by atoms with Crippen molar-refractivity contribution in [2.75, 3.05) is 45.6 Å². The minimum atomic E-state index is -1.10. The number of benzene rings is 2. The molecule has 1 fully saturated rings. The van der Waals surface area contributed by atoms with Crippen LogP contribution >= 0.6 is 0 Å². The Bertz CT molecular complexity index is 1340. The molecule has 40 heavy (non-hydrogen) atoms. The number of H-pyrrole nitrogens is 1.